The van der Waals surface area contributed by atoms with Gasteiger partial charge in [-0.2, -0.15) is 5.10 Å². The third-order valence-electron chi connectivity index (χ3n) is 2.00. The van der Waals surface area contributed by atoms with E-state index in [4.69, 9.17) is 11.6 Å². The highest BCUT2D eigenvalue weighted by molar-refractivity contribution is 9.10. The SMILES string of the molecule is COC(=O)c1cc2n[nH]c(Cl)c2cc1Br. The van der Waals surface area contributed by atoms with Gasteiger partial charge in [0.15, 0.2) is 0 Å². The molecule has 0 radical (unpaired) electrons. The first-order valence-electron chi connectivity index (χ1n) is 4.05. The number of H-pyrrole nitrogens is 1. The van der Waals surface area contributed by atoms with Crippen LogP contribution in [0.5, 0.6) is 0 Å². The van der Waals surface area contributed by atoms with Crippen LogP contribution >= 0.6 is 27.5 Å². The summed E-state index contributed by atoms with van der Waals surface area (Å²) < 4.78 is 5.26. The van der Waals surface area contributed by atoms with Crippen LogP contribution in [0.25, 0.3) is 10.9 Å². The van der Waals surface area contributed by atoms with Crippen LogP contribution < -0.4 is 0 Å². The summed E-state index contributed by atoms with van der Waals surface area (Å²) in [6.45, 7) is 0. The molecule has 0 aliphatic heterocycles. The number of esters is 1. The van der Waals surface area contributed by atoms with Crippen molar-refractivity contribution in [3.05, 3.63) is 27.3 Å². The molecule has 2 rings (SSSR count). The summed E-state index contributed by atoms with van der Waals surface area (Å²) in [6, 6.07) is 3.35. The number of benzene rings is 1. The van der Waals surface area contributed by atoms with Crippen molar-refractivity contribution < 1.29 is 9.53 Å². The third-order valence-corrected chi connectivity index (χ3v) is 2.95. The van der Waals surface area contributed by atoms with Crippen LogP contribution in [0.1, 0.15) is 10.4 Å². The summed E-state index contributed by atoms with van der Waals surface area (Å²) in [5.74, 6) is -0.414. The number of nitrogens with zero attached hydrogens (tertiary/aromatic N) is 1. The fraction of sp³-hybridized carbons (Fsp3) is 0.111. The molecule has 15 heavy (non-hydrogen) atoms. The molecule has 0 atom stereocenters. The van der Waals surface area contributed by atoms with E-state index in [1.807, 2.05) is 0 Å². The molecule has 0 aliphatic rings. The highest BCUT2D eigenvalue weighted by Gasteiger charge is 2.14. The lowest BCUT2D eigenvalue weighted by Crippen LogP contribution is -2.01. The summed E-state index contributed by atoms with van der Waals surface area (Å²) in [5.41, 5.74) is 1.05. The predicted molar refractivity (Wildman–Crippen MR) is 60.1 cm³/mol. The summed E-state index contributed by atoms with van der Waals surface area (Å²) in [6.07, 6.45) is 0. The number of methoxy groups -OCH3 is 1. The van der Waals surface area contributed by atoms with Gasteiger partial charge >= 0.3 is 5.97 Å². The predicted octanol–water partition coefficient (Wildman–Crippen LogP) is 2.77. The molecule has 1 N–H and O–H groups in total. The molecule has 6 heteroatoms. The van der Waals surface area contributed by atoms with Gasteiger partial charge in [-0.3, -0.25) is 5.10 Å². The minimum absolute atomic E-state index is 0.414. The first-order chi connectivity index (χ1) is 7.13. The molecular weight excluding hydrogens is 283 g/mol. The first-order valence-corrected chi connectivity index (χ1v) is 5.22. The zero-order valence-electron chi connectivity index (χ0n) is 7.67. The van der Waals surface area contributed by atoms with Gasteiger partial charge in [0.2, 0.25) is 0 Å². The smallest absolute Gasteiger partial charge is 0.339 e. The van der Waals surface area contributed by atoms with Crippen molar-refractivity contribution in [2.75, 3.05) is 7.11 Å². The van der Waals surface area contributed by atoms with Gasteiger partial charge in [-0.1, -0.05) is 11.6 Å². The number of fused-ring (bicyclic) bond motifs is 1. The van der Waals surface area contributed by atoms with Crippen molar-refractivity contribution in [2.24, 2.45) is 0 Å². The zero-order valence-corrected chi connectivity index (χ0v) is 10.0. The molecule has 0 bridgehead atoms. The lowest BCUT2D eigenvalue weighted by atomic mass is 10.2. The Morgan fingerprint density at radius 2 is 2.33 bits per heavy atom. The maximum atomic E-state index is 11.4. The maximum Gasteiger partial charge on any atom is 0.339 e. The Bertz CT molecular complexity index is 538. The molecule has 0 unspecified atom stereocenters. The maximum absolute atomic E-state index is 11.4. The van der Waals surface area contributed by atoms with Crippen LogP contribution in [0.2, 0.25) is 5.15 Å². The molecule has 0 saturated heterocycles. The normalized spacial score (nSPS) is 10.6. The summed E-state index contributed by atoms with van der Waals surface area (Å²) >= 11 is 9.13. The second kappa shape index (κ2) is 3.83. The number of hydrogen-bond acceptors (Lipinski definition) is 3. The minimum atomic E-state index is -0.414. The molecule has 0 saturated carbocycles. The Balaban J connectivity index is 2.68. The van der Waals surface area contributed by atoms with E-state index >= 15 is 0 Å². The number of carbonyl (C=O) groups excluding carboxylic acids is 1. The van der Waals surface area contributed by atoms with Crippen molar-refractivity contribution >= 4 is 44.4 Å². The van der Waals surface area contributed by atoms with Gasteiger partial charge in [-0.15, -0.1) is 0 Å². The number of rotatable bonds is 1. The molecular formula is C9H6BrClN2O2. The standard InChI is InChI=1S/C9H6BrClN2O2/c1-15-9(14)4-3-7-5(2-6(4)10)8(11)13-12-7/h2-3H,1H3,(H,12,13). The lowest BCUT2D eigenvalue weighted by molar-refractivity contribution is 0.0600. The number of nitrogens with one attached hydrogen (secondary N) is 1. The Morgan fingerprint density at radius 1 is 1.60 bits per heavy atom. The molecule has 0 aliphatic carbocycles. The lowest BCUT2D eigenvalue weighted by Gasteiger charge is -2.01. The molecule has 4 nitrogen and oxygen atoms in total. The second-order valence-corrected chi connectivity index (χ2v) is 4.11. The van der Waals surface area contributed by atoms with Crippen LogP contribution in [0.15, 0.2) is 16.6 Å². The topological polar surface area (TPSA) is 55.0 Å². The number of ether oxygens (including phenoxy) is 1. The van der Waals surface area contributed by atoms with E-state index in [-0.39, 0.29) is 0 Å². The van der Waals surface area contributed by atoms with E-state index in [9.17, 15) is 4.79 Å². The van der Waals surface area contributed by atoms with E-state index in [1.165, 1.54) is 7.11 Å². The number of aromatic amines is 1. The Morgan fingerprint density at radius 3 is 3.00 bits per heavy atom. The van der Waals surface area contributed by atoms with Crippen molar-refractivity contribution in [3.8, 4) is 0 Å². The molecule has 78 valence electrons. The molecule has 1 aromatic heterocycles. The van der Waals surface area contributed by atoms with E-state index in [1.54, 1.807) is 12.1 Å². The van der Waals surface area contributed by atoms with Crippen molar-refractivity contribution in [1.82, 2.24) is 10.2 Å². The van der Waals surface area contributed by atoms with Gasteiger partial charge in [0.1, 0.15) is 5.15 Å². The van der Waals surface area contributed by atoms with Crippen LogP contribution in [-0.2, 0) is 4.74 Å². The average Bonchev–Trinajstić information content (AvgIpc) is 2.58. The van der Waals surface area contributed by atoms with Crippen LogP contribution in [0.3, 0.4) is 0 Å². The van der Waals surface area contributed by atoms with E-state index in [0.717, 1.165) is 5.39 Å². The molecule has 0 fully saturated rings. The Hall–Kier alpha value is -1.07. The van der Waals surface area contributed by atoms with Crippen LogP contribution in [0, 0.1) is 0 Å². The van der Waals surface area contributed by atoms with Crippen LogP contribution in [0.4, 0.5) is 0 Å². The zero-order chi connectivity index (χ0) is 11.0. The van der Waals surface area contributed by atoms with Crippen LogP contribution in [-0.4, -0.2) is 23.3 Å². The molecule has 1 aromatic carbocycles. The highest BCUT2D eigenvalue weighted by atomic mass is 79.9. The monoisotopic (exact) mass is 288 g/mol. The average molecular weight is 290 g/mol. The summed E-state index contributed by atoms with van der Waals surface area (Å²) in [5, 5.41) is 7.79. The third kappa shape index (κ3) is 1.72. The largest absolute Gasteiger partial charge is 0.465 e. The van der Waals surface area contributed by atoms with Gasteiger partial charge in [-0.05, 0) is 28.1 Å². The number of halogens is 2. The van der Waals surface area contributed by atoms with E-state index in [0.29, 0.717) is 20.7 Å². The fourth-order valence-corrected chi connectivity index (χ4v) is 1.96. The number of hydrogen-bond donors (Lipinski definition) is 1. The Kier molecular flexibility index (Phi) is 2.67. The molecule has 0 amide bonds. The second-order valence-electron chi connectivity index (χ2n) is 2.88. The number of carbonyl (C=O) groups is 1. The van der Waals surface area contributed by atoms with Crippen molar-refractivity contribution in [3.63, 3.8) is 0 Å². The van der Waals surface area contributed by atoms with Gasteiger partial charge < -0.3 is 4.74 Å². The Labute approximate surface area is 98.7 Å². The minimum Gasteiger partial charge on any atom is -0.465 e. The molecule has 0 spiro atoms. The fourth-order valence-electron chi connectivity index (χ4n) is 1.27. The van der Waals surface area contributed by atoms with Gasteiger partial charge in [0.05, 0.1) is 18.2 Å². The van der Waals surface area contributed by atoms with E-state index < -0.39 is 5.97 Å². The molecule has 1 heterocycles. The van der Waals surface area contributed by atoms with Crippen molar-refractivity contribution in [1.29, 1.82) is 0 Å². The van der Waals surface area contributed by atoms with Gasteiger partial charge in [-0.25, -0.2) is 4.79 Å². The number of aromatic nitrogens is 2. The first kappa shape index (κ1) is 10.4. The van der Waals surface area contributed by atoms with Gasteiger partial charge in [0, 0.05) is 9.86 Å². The highest BCUT2D eigenvalue weighted by Crippen LogP contribution is 2.27. The van der Waals surface area contributed by atoms with Crippen molar-refractivity contribution in [2.45, 2.75) is 0 Å². The summed E-state index contributed by atoms with van der Waals surface area (Å²) in [4.78, 5) is 11.4. The van der Waals surface area contributed by atoms with E-state index in [2.05, 4.69) is 30.9 Å². The quantitative estimate of drug-likeness (QED) is 0.821. The summed E-state index contributed by atoms with van der Waals surface area (Å²) in [7, 11) is 1.33. The van der Waals surface area contributed by atoms with Gasteiger partial charge in [0.25, 0.3) is 0 Å². The molecule has 2 aromatic rings.